The fourth-order valence-corrected chi connectivity index (χ4v) is 0.592. The molecule has 0 saturated carbocycles. The van der Waals surface area contributed by atoms with E-state index in [4.69, 9.17) is 9.47 Å². The maximum Gasteiger partial charge on any atom is 0.161 e. The Kier molecular flexibility index (Phi) is 2.06. The molecule has 2 heteroatoms. The molecular formula is C6H9O2. The molecule has 2 nitrogen and oxygen atoms in total. The Morgan fingerprint density at radius 2 is 2.75 bits per heavy atom. The molecule has 0 aromatic heterocycles. The summed E-state index contributed by atoms with van der Waals surface area (Å²) in [6.45, 7) is 5.82. The highest BCUT2D eigenvalue weighted by Crippen LogP contribution is 2.09. The summed E-state index contributed by atoms with van der Waals surface area (Å²) in [7, 11) is 0. The smallest absolute Gasteiger partial charge is 0.161 e. The van der Waals surface area contributed by atoms with E-state index in [0.717, 1.165) is 6.42 Å². The van der Waals surface area contributed by atoms with E-state index in [1.54, 1.807) is 12.7 Å². The van der Waals surface area contributed by atoms with Gasteiger partial charge in [-0.15, -0.1) is 6.58 Å². The fraction of sp³-hybridized carbons (Fsp3) is 0.500. The highest BCUT2D eigenvalue weighted by Gasteiger charge is 2.13. The maximum atomic E-state index is 5.04. The molecule has 0 aliphatic carbocycles. The van der Waals surface area contributed by atoms with Crippen molar-refractivity contribution in [3.8, 4) is 0 Å². The summed E-state index contributed by atoms with van der Waals surface area (Å²) < 4.78 is 10.0. The van der Waals surface area contributed by atoms with Gasteiger partial charge >= 0.3 is 0 Å². The summed E-state index contributed by atoms with van der Waals surface area (Å²) in [4.78, 5) is 0. The van der Waals surface area contributed by atoms with Gasteiger partial charge in [0, 0.05) is 6.42 Å². The summed E-state index contributed by atoms with van der Waals surface area (Å²) in [5.74, 6) is 0. The minimum atomic E-state index is -0.0625. The van der Waals surface area contributed by atoms with Gasteiger partial charge in [-0.25, -0.2) is 0 Å². The lowest BCUT2D eigenvalue weighted by atomic mass is 10.4. The van der Waals surface area contributed by atoms with Crippen molar-refractivity contribution in [2.75, 3.05) is 6.61 Å². The number of hydrogen-bond acceptors (Lipinski definition) is 2. The molecule has 1 rings (SSSR count). The fourth-order valence-electron chi connectivity index (χ4n) is 0.592. The van der Waals surface area contributed by atoms with Gasteiger partial charge in [0.1, 0.15) is 6.61 Å². The first-order valence-corrected chi connectivity index (χ1v) is 2.63. The van der Waals surface area contributed by atoms with Crippen molar-refractivity contribution in [2.45, 2.75) is 12.7 Å². The Hall–Kier alpha value is -0.340. The second-order valence-corrected chi connectivity index (χ2v) is 1.59. The maximum absolute atomic E-state index is 5.04. The predicted octanol–water partition coefficient (Wildman–Crippen LogP) is 1.10. The molecule has 0 aromatic rings. The van der Waals surface area contributed by atoms with Crippen LogP contribution >= 0.6 is 0 Å². The van der Waals surface area contributed by atoms with E-state index >= 15 is 0 Å². The summed E-state index contributed by atoms with van der Waals surface area (Å²) in [5.41, 5.74) is 0. The highest BCUT2D eigenvalue weighted by molar-refractivity contribution is 4.72. The van der Waals surface area contributed by atoms with Crippen molar-refractivity contribution in [1.82, 2.24) is 0 Å². The lowest BCUT2D eigenvalue weighted by Gasteiger charge is -2.02. The van der Waals surface area contributed by atoms with Crippen LogP contribution in [-0.4, -0.2) is 12.9 Å². The minimum Gasteiger partial charge on any atom is -0.350 e. The first kappa shape index (κ1) is 5.79. The van der Waals surface area contributed by atoms with Crippen molar-refractivity contribution < 1.29 is 9.47 Å². The Morgan fingerprint density at radius 3 is 3.25 bits per heavy atom. The molecule has 1 fully saturated rings. The number of ether oxygens (including phenoxy) is 2. The van der Waals surface area contributed by atoms with Gasteiger partial charge in [0.15, 0.2) is 6.29 Å². The summed E-state index contributed by atoms with van der Waals surface area (Å²) in [5, 5.41) is 0. The zero-order valence-corrected chi connectivity index (χ0v) is 4.67. The Bertz CT molecular complexity index is 74.6. The third kappa shape index (κ3) is 1.32. The third-order valence-corrected chi connectivity index (χ3v) is 0.957. The number of hydrogen-bond donors (Lipinski definition) is 0. The van der Waals surface area contributed by atoms with Crippen molar-refractivity contribution >= 4 is 0 Å². The van der Waals surface area contributed by atoms with Crippen LogP contribution in [0, 0.1) is 6.61 Å². The molecule has 0 N–H and O–H groups in total. The second kappa shape index (κ2) is 2.84. The average Bonchev–Trinajstić information content (AvgIpc) is 2.19. The first-order chi connectivity index (χ1) is 3.93. The molecule has 1 saturated heterocycles. The molecule has 8 heavy (non-hydrogen) atoms. The van der Waals surface area contributed by atoms with Crippen LogP contribution in [0.2, 0.25) is 0 Å². The van der Waals surface area contributed by atoms with E-state index < -0.39 is 0 Å². The van der Waals surface area contributed by atoms with E-state index in [0.29, 0.717) is 6.61 Å². The molecule has 1 atom stereocenters. The van der Waals surface area contributed by atoms with Crippen LogP contribution in [0.4, 0.5) is 0 Å². The van der Waals surface area contributed by atoms with Gasteiger partial charge in [-0.1, -0.05) is 6.08 Å². The number of rotatable bonds is 2. The van der Waals surface area contributed by atoms with Crippen molar-refractivity contribution in [1.29, 1.82) is 0 Å². The topological polar surface area (TPSA) is 18.5 Å². The lowest BCUT2D eigenvalue weighted by Crippen LogP contribution is -2.03. The first-order valence-electron chi connectivity index (χ1n) is 2.63. The molecule has 1 heterocycles. The zero-order valence-electron chi connectivity index (χ0n) is 4.67. The van der Waals surface area contributed by atoms with Crippen LogP contribution in [0.3, 0.4) is 0 Å². The van der Waals surface area contributed by atoms with Gasteiger partial charge in [0.25, 0.3) is 0 Å². The minimum absolute atomic E-state index is 0.0625. The van der Waals surface area contributed by atoms with Crippen molar-refractivity contribution in [3.63, 3.8) is 0 Å². The summed E-state index contributed by atoms with van der Waals surface area (Å²) in [6, 6.07) is 0. The standard InChI is InChI=1S/C6H9O2/c1-2-3-6-7-4-5-8-6/h2,4,6H,1,3,5H2. The molecule has 0 spiro atoms. The van der Waals surface area contributed by atoms with Crippen LogP contribution in [0.5, 0.6) is 0 Å². The van der Waals surface area contributed by atoms with Crippen molar-refractivity contribution in [3.05, 3.63) is 19.3 Å². The molecule has 1 aliphatic heterocycles. The predicted molar refractivity (Wildman–Crippen MR) is 29.9 cm³/mol. The van der Waals surface area contributed by atoms with Gasteiger partial charge in [0.05, 0.1) is 6.61 Å². The highest BCUT2D eigenvalue weighted by atomic mass is 16.7. The van der Waals surface area contributed by atoms with Gasteiger partial charge < -0.3 is 9.47 Å². The Balaban J connectivity index is 2.14. The van der Waals surface area contributed by atoms with Gasteiger partial charge in [-0.2, -0.15) is 0 Å². The Labute approximate surface area is 49.1 Å². The van der Waals surface area contributed by atoms with Gasteiger partial charge in [-0.05, 0) is 0 Å². The van der Waals surface area contributed by atoms with Crippen LogP contribution in [0.25, 0.3) is 0 Å². The largest absolute Gasteiger partial charge is 0.350 e. The lowest BCUT2D eigenvalue weighted by molar-refractivity contribution is -0.0295. The van der Waals surface area contributed by atoms with Crippen LogP contribution < -0.4 is 0 Å². The second-order valence-electron chi connectivity index (χ2n) is 1.59. The molecule has 45 valence electrons. The molecule has 1 aliphatic rings. The normalized spacial score (nSPS) is 21.5. The molecule has 0 amide bonds. The molecular weight excluding hydrogens is 104 g/mol. The van der Waals surface area contributed by atoms with E-state index in [9.17, 15) is 0 Å². The monoisotopic (exact) mass is 113 g/mol. The molecule has 1 radical (unpaired) electrons. The average molecular weight is 113 g/mol. The van der Waals surface area contributed by atoms with E-state index in [1.165, 1.54) is 0 Å². The van der Waals surface area contributed by atoms with Crippen LogP contribution in [-0.2, 0) is 9.47 Å². The van der Waals surface area contributed by atoms with Gasteiger partial charge in [-0.3, -0.25) is 0 Å². The van der Waals surface area contributed by atoms with E-state index in [2.05, 4.69) is 6.58 Å². The molecule has 0 aromatic carbocycles. The van der Waals surface area contributed by atoms with Crippen LogP contribution in [0.15, 0.2) is 12.7 Å². The van der Waals surface area contributed by atoms with E-state index in [1.807, 2.05) is 0 Å². The Morgan fingerprint density at radius 1 is 1.88 bits per heavy atom. The van der Waals surface area contributed by atoms with Crippen LogP contribution in [0.1, 0.15) is 6.42 Å². The van der Waals surface area contributed by atoms with E-state index in [-0.39, 0.29) is 6.29 Å². The molecule has 0 bridgehead atoms. The van der Waals surface area contributed by atoms with Gasteiger partial charge in [0.2, 0.25) is 0 Å². The summed E-state index contributed by atoms with van der Waals surface area (Å²) in [6.07, 6.45) is 2.49. The third-order valence-electron chi connectivity index (χ3n) is 0.957. The molecule has 1 unspecified atom stereocenters. The quantitative estimate of drug-likeness (QED) is 0.499. The zero-order chi connectivity index (χ0) is 5.82. The SMILES string of the molecule is C=CCC1O[CH]CO1. The summed E-state index contributed by atoms with van der Waals surface area (Å²) >= 11 is 0. The van der Waals surface area contributed by atoms with Crippen molar-refractivity contribution in [2.24, 2.45) is 0 Å².